The van der Waals surface area contributed by atoms with E-state index in [4.69, 9.17) is 9.47 Å². The maximum absolute atomic E-state index is 5.99. The molecule has 0 aliphatic heterocycles. The summed E-state index contributed by atoms with van der Waals surface area (Å²) in [6.07, 6.45) is 5.66. The molecule has 0 heterocycles. The van der Waals surface area contributed by atoms with Gasteiger partial charge in [-0.05, 0) is 43.1 Å². The van der Waals surface area contributed by atoms with Crippen molar-refractivity contribution in [1.82, 2.24) is 0 Å². The van der Waals surface area contributed by atoms with Crippen LogP contribution >= 0.6 is 0 Å². The van der Waals surface area contributed by atoms with E-state index in [1.165, 1.54) is 31.2 Å². The molecule has 1 aliphatic carbocycles. The molecule has 2 heteroatoms. The SMILES string of the molecule is CC(OCCOCc1ccccc1)C1CCCC(C)(C)C1. The Kier molecular flexibility index (Phi) is 6.25. The van der Waals surface area contributed by atoms with Crippen LogP contribution in [0.1, 0.15) is 52.0 Å². The molecule has 2 atom stereocenters. The Morgan fingerprint density at radius 2 is 1.95 bits per heavy atom. The van der Waals surface area contributed by atoms with Gasteiger partial charge in [0.2, 0.25) is 0 Å². The fraction of sp³-hybridized carbons (Fsp3) is 0.684. The van der Waals surface area contributed by atoms with Crippen LogP contribution in [0.25, 0.3) is 0 Å². The van der Waals surface area contributed by atoms with Gasteiger partial charge >= 0.3 is 0 Å². The number of hydrogen-bond donors (Lipinski definition) is 0. The van der Waals surface area contributed by atoms with E-state index in [2.05, 4.69) is 32.9 Å². The number of hydrogen-bond acceptors (Lipinski definition) is 2. The Hall–Kier alpha value is -0.860. The van der Waals surface area contributed by atoms with Crippen LogP contribution in [-0.2, 0) is 16.1 Å². The molecule has 2 rings (SSSR count). The van der Waals surface area contributed by atoms with Crippen molar-refractivity contribution in [2.24, 2.45) is 11.3 Å². The number of benzene rings is 1. The molecule has 0 spiro atoms. The maximum atomic E-state index is 5.99. The van der Waals surface area contributed by atoms with E-state index in [9.17, 15) is 0 Å². The molecule has 1 aliphatic rings. The topological polar surface area (TPSA) is 18.5 Å². The van der Waals surface area contributed by atoms with Gasteiger partial charge in [0.1, 0.15) is 0 Å². The lowest BCUT2D eigenvalue weighted by Crippen LogP contribution is -2.31. The van der Waals surface area contributed by atoms with Gasteiger partial charge in [-0.1, -0.05) is 50.6 Å². The minimum Gasteiger partial charge on any atom is -0.376 e. The van der Waals surface area contributed by atoms with E-state index in [-0.39, 0.29) is 0 Å². The second-order valence-electron chi connectivity index (χ2n) is 7.13. The van der Waals surface area contributed by atoms with Gasteiger partial charge in [0.15, 0.2) is 0 Å². The molecular weight excluding hydrogens is 260 g/mol. The van der Waals surface area contributed by atoms with Crippen LogP contribution in [0.3, 0.4) is 0 Å². The lowest BCUT2D eigenvalue weighted by atomic mass is 9.71. The van der Waals surface area contributed by atoms with E-state index >= 15 is 0 Å². The highest BCUT2D eigenvalue weighted by Crippen LogP contribution is 2.40. The molecule has 0 aromatic heterocycles. The van der Waals surface area contributed by atoms with Crippen LogP contribution in [0.15, 0.2) is 30.3 Å². The van der Waals surface area contributed by atoms with E-state index in [0.717, 1.165) is 0 Å². The largest absolute Gasteiger partial charge is 0.376 e. The average Bonchev–Trinajstić information content (AvgIpc) is 2.47. The van der Waals surface area contributed by atoms with Gasteiger partial charge in [-0.15, -0.1) is 0 Å². The highest BCUT2D eigenvalue weighted by molar-refractivity contribution is 5.13. The summed E-state index contributed by atoms with van der Waals surface area (Å²) in [4.78, 5) is 0. The summed E-state index contributed by atoms with van der Waals surface area (Å²) in [5.74, 6) is 0.711. The van der Waals surface area contributed by atoms with Crippen molar-refractivity contribution in [2.45, 2.75) is 59.2 Å². The molecule has 1 aromatic rings. The molecule has 0 radical (unpaired) electrons. The molecule has 0 amide bonds. The van der Waals surface area contributed by atoms with Crippen LogP contribution in [0, 0.1) is 11.3 Å². The third-order valence-corrected chi connectivity index (χ3v) is 4.63. The van der Waals surface area contributed by atoms with Crippen molar-refractivity contribution in [2.75, 3.05) is 13.2 Å². The smallest absolute Gasteiger partial charge is 0.0718 e. The fourth-order valence-corrected chi connectivity index (χ4v) is 3.35. The predicted molar refractivity (Wildman–Crippen MR) is 87.3 cm³/mol. The molecular formula is C19H30O2. The Morgan fingerprint density at radius 3 is 2.67 bits per heavy atom. The summed E-state index contributed by atoms with van der Waals surface area (Å²) in [6.45, 7) is 9.04. The van der Waals surface area contributed by atoms with Gasteiger partial charge in [0.05, 0.1) is 25.9 Å². The molecule has 1 saturated carbocycles. The highest BCUT2D eigenvalue weighted by atomic mass is 16.5. The molecule has 0 bridgehead atoms. The standard InChI is InChI=1S/C19H30O2/c1-16(18-10-7-11-19(2,3)14-18)21-13-12-20-15-17-8-5-4-6-9-17/h4-6,8-9,16,18H,7,10-15H2,1-3H3. The van der Waals surface area contributed by atoms with Crippen molar-refractivity contribution in [3.63, 3.8) is 0 Å². The third-order valence-electron chi connectivity index (χ3n) is 4.63. The Labute approximate surface area is 129 Å². The molecule has 0 N–H and O–H groups in total. The van der Waals surface area contributed by atoms with Gasteiger partial charge in [-0.3, -0.25) is 0 Å². The quantitative estimate of drug-likeness (QED) is 0.670. The van der Waals surface area contributed by atoms with Crippen LogP contribution in [0.4, 0.5) is 0 Å². The summed E-state index contributed by atoms with van der Waals surface area (Å²) in [6, 6.07) is 10.3. The van der Waals surface area contributed by atoms with Crippen LogP contribution in [-0.4, -0.2) is 19.3 Å². The molecule has 0 saturated heterocycles. The lowest BCUT2D eigenvalue weighted by Gasteiger charge is -2.37. The van der Waals surface area contributed by atoms with Crippen molar-refractivity contribution >= 4 is 0 Å². The first kappa shape index (κ1) is 16.5. The minimum atomic E-state index is 0.352. The first-order valence-corrected chi connectivity index (χ1v) is 8.30. The van der Waals surface area contributed by atoms with Gasteiger partial charge in [0, 0.05) is 0 Å². The average molecular weight is 290 g/mol. The fourth-order valence-electron chi connectivity index (χ4n) is 3.35. The van der Waals surface area contributed by atoms with Crippen molar-refractivity contribution < 1.29 is 9.47 Å². The molecule has 1 aromatic carbocycles. The third kappa shape index (κ3) is 5.80. The molecule has 21 heavy (non-hydrogen) atoms. The number of rotatable bonds is 7. The molecule has 118 valence electrons. The van der Waals surface area contributed by atoms with Gasteiger partial charge in [-0.25, -0.2) is 0 Å². The summed E-state index contributed by atoms with van der Waals surface area (Å²) in [5, 5.41) is 0. The summed E-state index contributed by atoms with van der Waals surface area (Å²) in [5.41, 5.74) is 1.71. The van der Waals surface area contributed by atoms with Gasteiger partial charge in [-0.2, -0.15) is 0 Å². The van der Waals surface area contributed by atoms with Crippen molar-refractivity contribution in [3.05, 3.63) is 35.9 Å². The van der Waals surface area contributed by atoms with Crippen molar-refractivity contribution in [3.8, 4) is 0 Å². The predicted octanol–water partition coefficient (Wildman–Crippen LogP) is 4.82. The second-order valence-corrected chi connectivity index (χ2v) is 7.13. The van der Waals surface area contributed by atoms with Crippen LogP contribution in [0.5, 0.6) is 0 Å². The van der Waals surface area contributed by atoms with Crippen LogP contribution < -0.4 is 0 Å². The minimum absolute atomic E-state index is 0.352. The first-order chi connectivity index (χ1) is 10.1. The van der Waals surface area contributed by atoms with Crippen LogP contribution in [0.2, 0.25) is 0 Å². The second kappa shape index (κ2) is 7.95. The summed E-state index contributed by atoms with van der Waals surface area (Å²) < 4.78 is 11.7. The Bertz CT molecular complexity index is 399. The van der Waals surface area contributed by atoms with Gasteiger partial charge < -0.3 is 9.47 Å². The summed E-state index contributed by atoms with van der Waals surface area (Å²) >= 11 is 0. The maximum Gasteiger partial charge on any atom is 0.0718 e. The normalized spacial score (nSPS) is 22.9. The molecule has 1 fully saturated rings. The zero-order chi connectivity index (χ0) is 15.1. The van der Waals surface area contributed by atoms with Crippen molar-refractivity contribution in [1.29, 1.82) is 0 Å². The molecule has 2 nitrogen and oxygen atoms in total. The Balaban J connectivity index is 1.60. The summed E-state index contributed by atoms with van der Waals surface area (Å²) in [7, 11) is 0. The zero-order valence-electron chi connectivity index (χ0n) is 13.8. The lowest BCUT2D eigenvalue weighted by molar-refractivity contribution is -0.0344. The number of ether oxygens (including phenoxy) is 2. The Morgan fingerprint density at radius 1 is 1.19 bits per heavy atom. The first-order valence-electron chi connectivity index (χ1n) is 8.30. The van der Waals surface area contributed by atoms with Gasteiger partial charge in [0.25, 0.3) is 0 Å². The zero-order valence-corrected chi connectivity index (χ0v) is 13.8. The highest BCUT2D eigenvalue weighted by Gasteiger charge is 2.31. The van der Waals surface area contributed by atoms with E-state index in [0.29, 0.717) is 37.3 Å². The molecule has 2 unspecified atom stereocenters. The van der Waals surface area contributed by atoms with E-state index in [1.54, 1.807) is 0 Å². The monoisotopic (exact) mass is 290 g/mol. The van der Waals surface area contributed by atoms with E-state index in [1.807, 2.05) is 18.2 Å². The van der Waals surface area contributed by atoms with E-state index < -0.39 is 0 Å².